The van der Waals surface area contributed by atoms with E-state index in [2.05, 4.69) is 9.88 Å². The third-order valence-electron chi connectivity index (χ3n) is 4.99. The number of rotatable bonds is 7. The van der Waals surface area contributed by atoms with Crippen molar-refractivity contribution in [2.45, 2.75) is 51.0 Å². The van der Waals surface area contributed by atoms with Crippen molar-refractivity contribution in [3.05, 3.63) is 65.7 Å². The van der Waals surface area contributed by atoms with Crippen molar-refractivity contribution in [3.8, 4) is 0 Å². The van der Waals surface area contributed by atoms with Crippen LogP contribution in [0.3, 0.4) is 0 Å². The molecule has 1 saturated carbocycles. The molecule has 3 nitrogen and oxygen atoms in total. The molecule has 1 heterocycles. The Balaban J connectivity index is 1.60. The van der Waals surface area contributed by atoms with E-state index >= 15 is 0 Å². The van der Waals surface area contributed by atoms with Crippen molar-refractivity contribution in [1.29, 1.82) is 0 Å². The van der Waals surface area contributed by atoms with E-state index in [1.807, 2.05) is 30.5 Å². The summed E-state index contributed by atoms with van der Waals surface area (Å²) in [5, 5.41) is 0. The normalized spacial score (nSPS) is 14.6. The van der Waals surface area contributed by atoms with Crippen LogP contribution in [0.4, 0.5) is 4.39 Å². The van der Waals surface area contributed by atoms with Gasteiger partial charge in [0, 0.05) is 31.4 Å². The Morgan fingerprint density at radius 1 is 1.08 bits per heavy atom. The van der Waals surface area contributed by atoms with Crippen molar-refractivity contribution >= 4 is 5.91 Å². The highest BCUT2D eigenvalue weighted by Gasteiger charge is 2.26. The van der Waals surface area contributed by atoms with Crippen LogP contribution in [0.5, 0.6) is 0 Å². The number of hydrogen-bond acceptors (Lipinski definition) is 2. The molecular formula is C21H25FN2O. The maximum atomic E-state index is 13.1. The SMILES string of the molecule is O=C(CCc1cccnc1)N(CCc1ccc(F)cc1)C1CCCC1. The molecule has 1 aliphatic rings. The third kappa shape index (κ3) is 5.12. The average molecular weight is 340 g/mol. The summed E-state index contributed by atoms with van der Waals surface area (Å²) in [5.74, 6) is 0.00168. The van der Waals surface area contributed by atoms with E-state index in [0.717, 1.165) is 36.8 Å². The van der Waals surface area contributed by atoms with E-state index in [0.29, 0.717) is 19.0 Å². The summed E-state index contributed by atoms with van der Waals surface area (Å²) in [7, 11) is 0. The average Bonchev–Trinajstić information content (AvgIpc) is 3.17. The van der Waals surface area contributed by atoms with Gasteiger partial charge in [-0.25, -0.2) is 4.39 Å². The Hall–Kier alpha value is -2.23. The van der Waals surface area contributed by atoms with Crippen molar-refractivity contribution in [2.75, 3.05) is 6.54 Å². The topological polar surface area (TPSA) is 33.2 Å². The molecule has 4 heteroatoms. The lowest BCUT2D eigenvalue weighted by molar-refractivity contribution is -0.133. The molecule has 0 N–H and O–H groups in total. The molecule has 1 aliphatic carbocycles. The van der Waals surface area contributed by atoms with Gasteiger partial charge in [-0.2, -0.15) is 0 Å². The van der Waals surface area contributed by atoms with Crippen LogP contribution in [-0.2, 0) is 17.6 Å². The lowest BCUT2D eigenvalue weighted by Crippen LogP contribution is -2.40. The molecule has 0 unspecified atom stereocenters. The molecule has 0 aliphatic heterocycles. The van der Waals surface area contributed by atoms with Gasteiger partial charge in [0.15, 0.2) is 0 Å². The van der Waals surface area contributed by atoms with Gasteiger partial charge in [0.25, 0.3) is 0 Å². The van der Waals surface area contributed by atoms with Crippen molar-refractivity contribution in [1.82, 2.24) is 9.88 Å². The van der Waals surface area contributed by atoms with Gasteiger partial charge in [-0.1, -0.05) is 31.0 Å². The number of benzene rings is 1. The van der Waals surface area contributed by atoms with Crippen LogP contribution in [-0.4, -0.2) is 28.4 Å². The highest BCUT2D eigenvalue weighted by Crippen LogP contribution is 2.24. The first-order valence-corrected chi connectivity index (χ1v) is 9.15. The Kier molecular flexibility index (Phi) is 6.15. The Labute approximate surface area is 148 Å². The summed E-state index contributed by atoms with van der Waals surface area (Å²) in [4.78, 5) is 19.0. The molecule has 0 saturated heterocycles. The molecule has 0 spiro atoms. The smallest absolute Gasteiger partial charge is 0.223 e. The molecule has 3 rings (SSSR count). The lowest BCUT2D eigenvalue weighted by atomic mass is 10.1. The number of hydrogen-bond donors (Lipinski definition) is 0. The fourth-order valence-corrected chi connectivity index (χ4v) is 3.57. The first-order chi connectivity index (χ1) is 12.2. The zero-order valence-corrected chi connectivity index (χ0v) is 14.5. The third-order valence-corrected chi connectivity index (χ3v) is 4.99. The van der Waals surface area contributed by atoms with Gasteiger partial charge in [0.05, 0.1) is 0 Å². The summed E-state index contributed by atoms with van der Waals surface area (Å²) >= 11 is 0. The van der Waals surface area contributed by atoms with Crippen LogP contribution in [0.15, 0.2) is 48.8 Å². The number of pyridine rings is 1. The summed E-state index contributed by atoms with van der Waals surface area (Å²) in [6.07, 6.45) is 10.2. The molecule has 25 heavy (non-hydrogen) atoms. The molecule has 1 aromatic carbocycles. The molecule has 0 bridgehead atoms. The second-order valence-electron chi connectivity index (χ2n) is 6.76. The summed E-state index contributed by atoms with van der Waals surface area (Å²) < 4.78 is 13.1. The predicted octanol–water partition coefficient (Wildman–Crippen LogP) is 4.17. The van der Waals surface area contributed by atoms with E-state index in [-0.39, 0.29) is 11.7 Å². The minimum atomic E-state index is -0.219. The maximum Gasteiger partial charge on any atom is 0.223 e. The van der Waals surface area contributed by atoms with Gasteiger partial charge in [-0.05, 0) is 55.0 Å². The van der Waals surface area contributed by atoms with Gasteiger partial charge in [0.1, 0.15) is 5.82 Å². The number of aryl methyl sites for hydroxylation is 1. The number of halogens is 1. The van der Waals surface area contributed by atoms with Crippen LogP contribution < -0.4 is 0 Å². The van der Waals surface area contributed by atoms with Crippen LogP contribution in [0.25, 0.3) is 0 Å². The molecule has 2 aromatic rings. The number of aromatic nitrogens is 1. The minimum Gasteiger partial charge on any atom is -0.339 e. The second kappa shape index (κ2) is 8.75. The first kappa shape index (κ1) is 17.6. The monoisotopic (exact) mass is 340 g/mol. The fourth-order valence-electron chi connectivity index (χ4n) is 3.57. The van der Waals surface area contributed by atoms with Crippen molar-refractivity contribution < 1.29 is 9.18 Å². The summed E-state index contributed by atoms with van der Waals surface area (Å²) in [5.41, 5.74) is 2.17. The Morgan fingerprint density at radius 3 is 2.52 bits per heavy atom. The summed E-state index contributed by atoms with van der Waals surface area (Å²) in [6, 6.07) is 10.9. The number of carbonyl (C=O) groups is 1. The van der Waals surface area contributed by atoms with E-state index in [1.165, 1.54) is 25.0 Å². The van der Waals surface area contributed by atoms with Crippen molar-refractivity contribution in [2.24, 2.45) is 0 Å². The zero-order chi connectivity index (χ0) is 17.5. The molecular weight excluding hydrogens is 315 g/mol. The first-order valence-electron chi connectivity index (χ1n) is 9.15. The molecule has 0 radical (unpaired) electrons. The van der Waals surface area contributed by atoms with E-state index in [4.69, 9.17) is 0 Å². The van der Waals surface area contributed by atoms with Gasteiger partial charge >= 0.3 is 0 Å². The Bertz CT molecular complexity index is 666. The maximum absolute atomic E-state index is 13.1. The van der Waals surface area contributed by atoms with Gasteiger partial charge < -0.3 is 4.90 Å². The predicted molar refractivity (Wildman–Crippen MR) is 96.6 cm³/mol. The Morgan fingerprint density at radius 2 is 1.84 bits per heavy atom. The highest BCUT2D eigenvalue weighted by atomic mass is 19.1. The molecule has 1 aromatic heterocycles. The highest BCUT2D eigenvalue weighted by molar-refractivity contribution is 5.76. The fraction of sp³-hybridized carbons (Fsp3) is 0.429. The zero-order valence-electron chi connectivity index (χ0n) is 14.5. The van der Waals surface area contributed by atoms with Crippen LogP contribution >= 0.6 is 0 Å². The van der Waals surface area contributed by atoms with Crippen LogP contribution in [0, 0.1) is 5.82 Å². The van der Waals surface area contributed by atoms with Crippen LogP contribution in [0.1, 0.15) is 43.2 Å². The molecule has 1 fully saturated rings. The second-order valence-corrected chi connectivity index (χ2v) is 6.76. The molecule has 1 amide bonds. The van der Waals surface area contributed by atoms with E-state index < -0.39 is 0 Å². The van der Waals surface area contributed by atoms with Gasteiger partial charge in [-0.3, -0.25) is 9.78 Å². The van der Waals surface area contributed by atoms with E-state index in [9.17, 15) is 9.18 Å². The van der Waals surface area contributed by atoms with Crippen LogP contribution in [0.2, 0.25) is 0 Å². The summed E-state index contributed by atoms with van der Waals surface area (Å²) in [6.45, 7) is 0.710. The standard InChI is InChI=1S/C21H25FN2O/c22-19-10-7-17(8-11-19)13-15-24(20-5-1-2-6-20)21(25)12-9-18-4-3-14-23-16-18/h3-4,7-8,10-11,14,16,20H,1-2,5-6,9,12-13,15H2. The lowest BCUT2D eigenvalue weighted by Gasteiger charge is -2.29. The number of amides is 1. The van der Waals surface area contributed by atoms with Crippen molar-refractivity contribution in [3.63, 3.8) is 0 Å². The molecule has 0 atom stereocenters. The largest absolute Gasteiger partial charge is 0.339 e. The number of carbonyl (C=O) groups excluding carboxylic acids is 1. The van der Waals surface area contributed by atoms with Gasteiger partial charge in [0.2, 0.25) is 5.91 Å². The van der Waals surface area contributed by atoms with Gasteiger partial charge in [-0.15, -0.1) is 0 Å². The van der Waals surface area contributed by atoms with E-state index in [1.54, 1.807) is 6.20 Å². The quantitative estimate of drug-likeness (QED) is 0.758. The molecule has 132 valence electrons. The number of nitrogens with zero attached hydrogens (tertiary/aromatic N) is 2. The minimum absolute atomic E-state index is 0.219.